The third kappa shape index (κ3) is 5.40. The minimum Gasteiger partial charge on any atom is -0.493 e. The van der Waals surface area contributed by atoms with Crippen molar-refractivity contribution >= 4 is 11.6 Å². The van der Waals surface area contributed by atoms with Crippen LogP contribution in [0.4, 0.5) is 0 Å². The quantitative estimate of drug-likeness (QED) is 0.708. The van der Waals surface area contributed by atoms with Crippen LogP contribution in [0.15, 0.2) is 12.1 Å². The van der Waals surface area contributed by atoms with Crippen LogP contribution >= 0.6 is 11.6 Å². The molecule has 0 radical (unpaired) electrons. The normalized spacial score (nSPS) is 12.5. The van der Waals surface area contributed by atoms with Crippen molar-refractivity contribution in [3.05, 3.63) is 22.7 Å². The molecular formula is C17H28ClNO2. The number of methoxy groups -OCH3 is 2. The summed E-state index contributed by atoms with van der Waals surface area (Å²) in [6, 6.07) is 4.30. The summed E-state index contributed by atoms with van der Waals surface area (Å²) in [6.45, 7) is 7.57. The Morgan fingerprint density at radius 2 is 1.86 bits per heavy atom. The number of rotatable bonds is 9. The van der Waals surface area contributed by atoms with Gasteiger partial charge in [-0.15, -0.1) is 0 Å². The summed E-state index contributed by atoms with van der Waals surface area (Å²) < 4.78 is 10.7. The highest BCUT2D eigenvalue weighted by molar-refractivity contribution is 6.32. The largest absolute Gasteiger partial charge is 0.493 e. The molecule has 0 spiro atoms. The molecule has 0 amide bonds. The van der Waals surface area contributed by atoms with E-state index in [-0.39, 0.29) is 0 Å². The van der Waals surface area contributed by atoms with E-state index in [1.165, 1.54) is 12.8 Å². The molecule has 1 N–H and O–H groups in total. The van der Waals surface area contributed by atoms with Crippen LogP contribution in [0.5, 0.6) is 11.5 Å². The third-order valence-corrected chi connectivity index (χ3v) is 3.86. The van der Waals surface area contributed by atoms with Crippen LogP contribution < -0.4 is 14.8 Å². The lowest BCUT2D eigenvalue weighted by Crippen LogP contribution is -2.21. The van der Waals surface area contributed by atoms with Crippen molar-refractivity contribution < 1.29 is 9.47 Å². The van der Waals surface area contributed by atoms with Gasteiger partial charge in [-0.3, -0.25) is 0 Å². The predicted octanol–water partition coefficient (Wildman–Crippen LogP) is 4.83. The standard InChI is InChI=1S/C17H28ClNO2/c1-6-19-15(9-7-8-12(2)3)13-10-14(18)17(21-5)16(11-13)20-4/h10-12,15,19H,6-9H2,1-5H3. The summed E-state index contributed by atoms with van der Waals surface area (Å²) in [5, 5.41) is 4.13. The van der Waals surface area contributed by atoms with Crippen molar-refractivity contribution in [2.75, 3.05) is 20.8 Å². The molecule has 1 aromatic rings. The fourth-order valence-corrected chi connectivity index (χ4v) is 2.80. The van der Waals surface area contributed by atoms with Gasteiger partial charge in [-0.1, -0.05) is 45.2 Å². The first kappa shape index (κ1) is 18.1. The summed E-state index contributed by atoms with van der Waals surface area (Å²) in [6.07, 6.45) is 3.53. The van der Waals surface area contributed by atoms with Crippen LogP contribution in [0.1, 0.15) is 51.6 Å². The van der Waals surface area contributed by atoms with Crippen molar-refractivity contribution in [1.29, 1.82) is 0 Å². The average Bonchev–Trinajstić information content (AvgIpc) is 2.45. The van der Waals surface area contributed by atoms with E-state index in [0.717, 1.165) is 24.4 Å². The second-order valence-electron chi connectivity index (χ2n) is 5.67. The maximum atomic E-state index is 6.31. The topological polar surface area (TPSA) is 30.5 Å². The van der Waals surface area contributed by atoms with Gasteiger partial charge < -0.3 is 14.8 Å². The monoisotopic (exact) mass is 313 g/mol. The van der Waals surface area contributed by atoms with E-state index < -0.39 is 0 Å². The van der Waals surface area contributed by atoms with Crippen LogP contribution in [-0.2, 0) is 0 Å². The fraction of sp³-hybridized carbons (Fsp3) is 0.647. The van der Waals surface area contributed by atoms with E-state index in [2.05, 4.69) is 26.1 Å². The second kappa shape index (κ2) is 9.16. The molecule has 4 heteroatoms. The van der Waals surface area contributed by atoms with Crippen LogP contribution in [0.25, 0.3) is 0 Å². The Hall–Kier alpha value is -0.930. The van der Waals surface area contributed by atoms with Gasteiger partial charge in [0.25, 0.3) is 0 Å². The smallest absolute Gasteiger partial charge is 0.179 e. The Morgan fingerprint density at radius 3 is 2.38 bits per heavy atom. The number of hydrogen-bond donors (Lipinski definition) is 1. The van der Waals surface area contributed by atoms with Crippen LogP contribution in [0.2, 0.25) is 5.02 Å². The lowest BCUT2D eigenvalue weighted by atomic mass is 9.97. The van der Waals surface area contributed by atoms with Gasteiger partial charge in [-0.2, -0.15) is 0 Å². The highest BCUT2D eigenvalue weighted by Crippen LogP contribution is 2.38. The lowest BCUT2D eigenvalue weighted by Gasteiger charge is -2.21. The molecule has 1 aromatic carbocycles. The van der Waals surface area contributed by atoms with Crippen LogP contribution in [0, 0.1) is 5.92 Å². The van der Waals surface area contributed by atoms with Gasteiger partial charge in [0, 0.05) is 6.04 Å². The maximum Gasteiger partial charge on any atom is 0.179 e. The molecule has 0 aromatic heterocycles. The minimum atomic E-state index is 0.297. The molecular weight excluding hydrogens is 286 g/mol. The molecule has 3 nitrogen and oxygen atoms in total. The zero-order valence-corrected chi connectivity index (χ0v) is 14.6. The number of halogens is 1. The highest BCUT2D eigenvalue weighted by atomic mass is 35.5. The number of nitrogens with one attached hydrogen (secondary N) is 1. The Bertz CT molecular complexity index is 435. The van der Waals surface area contributed by atoms with E-state index in [1.807, 2.05) is 12.1 Å². The van der Waals surface area contributed by atoms with Crippen LogP contribution in [-0.4, -0.2) is 20.8 Å². The molecule has 0 saturated heterocycles. The van der Waals surface area contributed by atoms with Gasteiger partial charge in [-0.05, 0) is 36.6 Å². The van der Waals surface area contributed by atoms with Gasteiger partial charge in [0.15, 0.2) is 11.5 Å². The molecule has 21 heavy (non-hydrogen) atoms. The SMILES string of the molecule is CCNC(CCCC(C)C)c1cc(Cl)c(OC)c(OC)c1. The second-order valence-corrected chi connectivity index (χ2v) is 6.08. The molecule has 0 saturated carbocycles. The molecule has 1 rings (SSSR count). The highest BCUT2D eigenvalue weighted by Gasteiger charge is 2.17. The molecule has 0 aliphatic carbocycles. The van der Waals surface area contributed by atoms with Crippen LogP contribution in [0.3, 0.4) is 0 Å². The zero-order chi connectivity index (χ0) is 15.8. The van der Waals surface area contributed by atoms with Crippen molar-refractivity contribution in [2.45, 2.75) is 46.1 Å². The van der Waals surface area contributed by atoms with Gasteiger partial charge in [0.2, 0.25) is 0 Å². The maximum absolute atomic E-state index is 6.31. The molecule has 120 valence electrons. The number of ether oxygens (including phenoxy) is 2. The molecule has 1 unspecified atom stereocenters. The molecule has 1 atom stereocenters. The molecule has 0 aliphatic heterocycles. The van der Waals surface area contributed by atoms with Crippen molar-refractivity contribution in [3.63, 3.8) is 0 Å². The minimum absolute atomic E-state index is 0.297. The molecule has 0 heterocycles. The van der Waals surface area contributed by atoms with Crippen molar-refractivity contribution in [1.82, 2.24) is 5.32 Å². The molecule has 0 aliphatic rings. The Balaban J connectivity index is 2.94. The van der Waals surface area contributed by atoms with E-state index in [9.17, 15) is 0 Å². The van der Waals surface area contributed by atoms with Crippen molar-refractivity contribution in [3.8, 4) is 11.5 Å². The first-order valence-electron chi connectivity index (χ1n) is 7.68. The average molecular weight is 314 g/mol. The Morgan fingerprint density at radius 1 is 1.14 bits per heavy atom. The predicted molar refractivity (Wildman–Crippen MR) is 89.7 cm³/mol. The van der Waals surface area contributed by atoms with E-state index in [4.69, 9.17) is 21.1 Å². The lowest BCUT2D eigenvalue weighted by molar-refractivity contribution is 0.353. The first-order chi connectivity index (χ1) is 10.0. The third-order valence-electron chi connectivity index (χ3n) is 3.58. The Labute approximate surface area is 134 Å². The zero-order valence-electron chi connectivity index (χ0n) is 13.8. The summed E-state index contributed by atoms with van der Waals surface area (Å²) in [5.74, 6) is 2.02. The number of benzene rings is 1. The molecule has 0 fully saturated rings. The summed E-state index contributed by atoms with van der Waals surface area (Å²) >= 11 is 6.31. The van der Waals surface area contributed by atoms with Gasteiger partial charge >= 0.3 is 0 Å². The van der Waals surface area contributed by atoms with E-state index >= 15 is 0 Å². The van der Waals surface area contributed by atoms with Gasteiger partial charge in [0.1, 0.15) is 0 Å². The fourth-order valence-electron chi connectivity index (χ4n) is 2.50. The summed E-state index contributed by atoms with van der Waals surface area (Å²) in [7, 11) is 3.24. The molecule has 0 bridgehead atoms. The summed E-state index contributed by atoms with van der Waals surface area (Å²) in [5.41, 5.74) is 1.16. The van der Waals surface area contributed by atoms with Gasteiger partial charge in [0.05, 0.1) is 19.2 Å². The van der Waals surface area contributed by atoms with Crippen molar-refractivity contribution in [2.24, 2.45) is 5.92 Å². The van der Waals surface area contributed by atoms with Gasteiger partial charge in [-0.25, -0.2) is 0 Å². The number of hydrogen-bond acceptors (Lipinski definition) is 3. The van der Waals surface area contributed by atoms with E-state index in [1.54, 1.807) is 14.2 Å². The first-order valence-corrected chi connectivity index (χ1v) is 8.06. The Kier molecular flexibility index (Phi) is 7.91. The summed E-state index contributed by atoms with van der Waals surface area (Å²) in [4.78, 5) is 0. The van der Waals surface area contributed by atoms with E-state index in [0.29, 0.717) is 22.6 Å².